The van der Waals surface area contributed by atoms with Gasteiger partial charge in [-0.25, -0.2) is 8.42 Å². The second-order valence-electron chi connectivity index (χ2n) is 6.53. The molecule has 0 unspecified atom stereocenters. The first-order valence-corrected chi connectivity index (χ1v) is 10.0. The molecule has 1 fully saturated rings. The van der Waals surface area contributed by atoms with E-state index in [-0.39, 0.29) is 23.6 Å². The molecule has 0 spiro atoms. The summed E-state index contributed by atoms with van der Waals surface area (Å²) in [7, 11) is -2.67. The number of likely N-dealkylation sites (N-methyl/N-ethyl adjacent to an activating group) is 1. The Morgan fingerprint density at radius 3 is 2.33 bits per heavy atom. The number of amides is 1. The minimum Gasteiger partial charge on any atom is -0.347 e. The Bertz CT molecular complexity index is 902. The highest BCUT2D eigenvalue weighted by Gasteiger charge is 2.34. The first-order valence-electron chi connectivity index (χ1n) is 8.49. The quantitative estimate of drug-likeness (QED) is 0.847. The zero-order chi connectivity index (χ0) is 19.6. The molecule has 2 atom stereocenters. The summed E-state index contributed by atoms with van der Waals surface area (Å²) < 4.78 is 48.1. The number of benzene rings is 2. The zero-order valence-electron chi connectivity index (χ0n) is 14.7. The predicted octanol–water partition coefficient (Wildman–Crippen LogP) is 2.86. The Kier molecular flexibility index (Phi) is 5.57. The van der Waals surface area contributed by atoms with E-state index in [4.69, 9.17) is 0 Å². The van der Waals surface area contributed by atoms with E-state index in [1.807, 2.05) is 37.4 Å². The van der Waals surface area contributed by atoms with Crippen LogP contribution in [-0.2, 0) is 9.84 Å². The molecule has 1 saturated heterocycles. The van der Waals surface area contributed by atoms with Crippen LogP contribution in [0.25, 0.3) is 0 Å². The highest BCUT2D eigenvalue weighted by atomic mass is 32.2. The van der Waals surface area contributed by atoms with Gasteiger partial charge in [0.15, 0.2) is 0 Å². The van der Waals surface area contributed by atoms with Gasteiger partial charge >= 0.3 is 5.76 Å². The number of hydrogen-bond donors (Lipinski definition) is 1. The Morgan fingerprint density at radius 2 is 1.74 bits per heavy atom. The van der Waals surface area contributed by atoms with Crippen molar-refractivity contribution in [3.8, 4) is 0 Å². The molecule has 0 saturated carbocycles. The van der Waals surface area contributed by atoms with Crippen LogP contribution < -0.4 is 5.32 Å². The van der Waals surface area contributed by atoms with Crippen molar-refractivity contribution in [2.45, 2.75) is 29.2 Å². The largest absolute Gasteiger partial charge is 0.347 e. The lowest BCUT2D eigenvalue weighted by Gasteiger charge is -2.26. The highest BCUT2D eigenvalue weighted by Crippen LogP contribution is 2.31. The van der Waals surface area contributed by atoms with Gasteiger partial charge in [0.1, 0.15) is 0 Å². The molecule has 27 heavy (non-hydrogen) atoms. The van der Waals surface area contributed by atoms with E-state index in [0.29, 0.717) is 0 Å². The third-order valence-electron chi connectivity index (χ3n) is 4.79. The van der Waals surface area contributed by atoms with E-state index in [1.54, 1.807) is 0 Å². The lowest BCUT2D eigenvalue weighted by atomic mass is 10.00. The standard InChI is InChI=1S/C19H20F2N2O3S/c1-23-12-11-16(17(23)13-5-3-2-4-6-13)22-18(24)14-7-9-15(10-8-14)27(25,26)19(20)21/h2-10,16-17,19H,11-12H2,1H3,(H,22,24)/t16-,17-/m1/s1. The highest BCUT2D eigenvalue weighted by molar-refractivity contribution is 7.91. The van der Waals surface area contributed by atoms with Crippen molar-refractivity contribution >= 4 is 15.7 Å². The summed E-state index contributed by atoms with van der Waals surface area (Å²) in [4.78, 5) is 14.2. The van der Waals surface area contributed by atoms with E-state index in [9.17, 15) is 22.0 Å². The van der Waals surface area contributed by atoms with Gasteiger partial charge in [-0.3, -0.25) is 9.69 Å². The van der Waals surface area contributed by atoms with Crippen LogP contribution in [0.15, 0.2) is 59.5 Å². The second kappa shape index (κ2) is 7.74. The monoisotopic (exact) mass is 394 g/mol. The van der Waals surface area contributed by atoms with Gasteiger partial charge in [0.05, 0.1) is 17.0 Å². The van der Waals surface area contributed by atoms with Crippen LogP contribution in [0.3, 0.4) is 0 Å². The van der Waals surface area contributed by atoms with Gasteiger partial charge in [-0.1, -0.05) is 30.3 Å². The fraction of sp³-hybridized carbons (Fsp3) is 0.316. The van der Waals surface area contributed by atoms with Gasteiger partial charge in [0.2, 0.25) is 9.84 Å². The number of halogens is 2. The van der Waals surface area contributed by atoms with Gasteiger partial charge in [0.25, 0.3) is 5.91 Å². The van der Waals surface area contributed by atoms with Crippen LogP contribution in [0.5, 0.6) is 0 Å². The first-order chi connectivity index (χ1) is 12.8. The molecule has 1 heterocycles. The molecule has 3 rings (SSSR count). The third kappa shape index (κ3) is 4.01. The lowest BCUT2D eigenvalue weighted by Crippen LogP contribution is -2.39. The van der Waals surface area contributed by atoms with Gasteiger partial charge < -0.3 is 5.32 Å². The van der Waals surface area contributed by atoms with Crippen LogP contribution in [0.2, 0.25) is 0 Å². The summed E-state index contributed by atoms with van der Waals surface area (Å²) in [5, 5.41) is 2.98. The van der Waals surface area contributed by atoms with Crippen molar-refractivity contribution in [3.63, 3.8) is 0 Å². The number of carbonyl (C=O) groups excluding carboxylic acids is 1. The van der Waals surface area contributed by atoms with Crippen LogP contribution in [0.1, 0.15) is 28.4 Å². The molecular weight excluding hydrogens is 374 g/mol. The topological polar surface area (TPSA) is 66.5 Å². The minimum absolute atomic E-state index is 0.0358. The summed E-state index contributed by atoms with van der Waals surface area (Å²) in [5.74, 6) is -3.85. The number of hydrogen-bond acceptors (Lipinski definition) is 4. The molecule has 0 radical (unpaired) electrons. The van der Waals surface area contributed by atoms with Crippen LogP contribution in [-0.4, -0.2) is 44.6 Å². The number of rotatable bonds is 5. The Morgan fingerprint density at radius 1 is 1.11 bits per heavy atom. The van der Waals surface area contributed by atoms with Crippen LogP contribution >= 0.6 is 0 Å². The molecular formula is C19H20F2N2O3S. The van der Waals surface area contributed by atoms with Crippen LogP contribution in [0.4, 0.5) is 8.78 Å². The number of alkyl halides is 2. The van der Waals surface area contributed by atoms with Crippen molar-refractivity contribution in [2.24, 2.45) is 0 Å². The zero-order valence-corrected chi connectivity index (χ0v) is 15.5. The predicted molar refractivity (Wildman–Crippen MR) is 97.3 cm³/mol. The Balaban J connectivity index is 1.75. The number of nitrogens with zero attached hydrogens (tertiary/aromatic N) is 1. The first kappa shape index (κ1) is 19.4. The molecule has 2 aromatic carbocycles. The molecule has 8 heteroatoms. The molecule has 2 aromatic rings. The average molecular weight is 394 g/mol. The van der Waals surface area contributed by atoms with Gasteiger partial charge in [-0.05, 0) is 43.3 Å². The van der Waals surface area contributed by atoms with E-state index in [0.717, 1.165) is 30.7 Å². The number of sulfone groups is 1. The van der Waals surface area contributed by atoms with E-state index >= 15 is 0 Å². The van der Waals surface area contributed by atoms with Crippen molar-refractivity contribution < 1.29 is 22.0 Å². The smallest absolute Gasteiger partial charge is 0.341 e. The average Bonchev–Trinajstić information content (AvgIpc) is 3.02. The van der Waals surface area contributed by atoms with Crippen molar-refractivity contribution in [1.29, 1.82) is 0 Å². The fourth-order valence-electron chi connectivity index (χ4n) is 3.39. The molecule has 1 amide bonds. The fourth-order valence-corrected chi connectivity index (χ4v) is 4.11. The van der Waals surface area contributed by atoms with E-state index in [1.165, 1.54) is 12.1 Å². The normalized spacial score (nSPS) is 20.7. The van der Waals surface area contributed by atoms with Gasteiger partial charge in [-0.15, -0.1) is 0 Å². The van der Waals surface area contributed by atoms with Crippen molar-refractivity contribution in [2.75, 3.05) is 13.6 Å². The summed E-state index contributed by atoms with van der Waals surface area (Å²) in [6.07, 6.45) is 0.777. The minimum atomic E-state index is -4.67. The molecule has 5 nitrogen and oxygen atoms in total. The molecule has 0 bridgehead atoms. The second-order valence-corrected chi connectivity index (χ2v) is 8.45. The maximum Gasteiger partial charge on any atom is 0.341 e. The SMILES string of the molecule is CN1CC[C@@H](NC(=O)c2ccc(S(=O)(=O)C(F)F)cc2)[C@H]1c1ccccc1. The molecule has 144 valence electrons. The summed E-state index contributed by atoms with van der Waals surface area (Å²) in [6.45, 7) is 0.829. The summed E-state index contributed by atoms with van der Waals surface area (Å²) in [5.41, 5.74) is 1.32. The molecule has 1 aliphatic heterocycles. The Hall–Kier alpha value is -2.32. The summed E-state index contributed by atoms with van der Waals surface area (Å²) in [6, 6.07) is 14.3. The molecule has 1 aliphatic rings. The summed E-state index contributed by atoms with van der Waals surface area (Å²) >= 11 is 0. The molecule has 0 aromatic heterocycles. The van der Waals surface area contributed by atoms with Gasteiger partial charge in [-0.2, -0.15) is 8.78 Å². The van der Waals surface area contributed by atoms with E-state index in [2.05, 4.69) is 10.2 Å². The lowest BCUT2D eigenvalue weighted by molar-refractivity contribution is 0.0927. The van der Waals surface area contributed by atoms with Crippen LogP contribution in [0, 0.1) is 0 Å². The third-order valence-corrected chi connectivity index (χ3v) is 6.18. The van der Waals surface area contributed by atoms with Gasteiger partial charge in [0, 0.05) is 12.1 Å². The Labute approximate surface area is 156 Å². The van der Waals surface area contributed by atoms with Crippen molar-refractivity contribution in [3.05, 3.63) is 65.7 Å². The molecule has 0 aliphatic carbocycles. The number of nitrogens with one attached hydrogen (secondary N) is 1. The number of carbonyl (C=O) groups is 1. The van der Waals surface area contributed by atoms with E-state index < -0.39 is 20.5 Å². The van der Waals surface area contributed by atoms with Crippen molar-refractivity contribution in [1.82, 2.24) is 10.2 Å². The maximum atomic E-state index is 12.6. The maximum absolute atomic E-state index is 12.6. The molecule has 1 N–H and O–H groups in total. The number of likely N-dealkylation sites (tertiary alicyclic amines) is 1.